The maximum Gasteiger partial charge on any atom is 0.240 e. The van der Waals surface area contributed by atoms with Crippen molar-refractivity contribution < 1.29 is 17.5 Å². The molecule has 0 spiro atoms. The molecule has 2 N–H and O–H groups in total. The summed E-state index contributed by atoms with van der Waals surface area (Å²) in [5.74, 6) is -0.410. The summed E-state index contributed by atoms with van der Waals surface area (Å²) in [6.45, 7) is 5.94. The molecular weight excluding hydrogens is 295 g/mol. The summed E-state index contributed by atoms with van der Waals surface area (Å²) in [4.78, 5) is 0.0636. The highest BCUT2D eigenvalue weighted by Gasteiger charge is 2.15. The second kappa shape index (κ2) is 9.09. The van der Waals surface area contributed by atoms with E-state index in [4.69, 9.17) is 4.74 Å². The van der Waals surface area contributed by atoms with Crippen molar-refractivity contribution >= 4 is 10.0 Å². The molecule has 0 heterocycles. The van der Waals surface area contributed by atoms with Crippen LogP contribution in [0.4, 0.5) is 4.39 Å². The van der Waals surface area contributed by atoms with Crippen LogP contribution >= 0.6 is 0 Å². The first-order valence-corrected chi connectivity index (χ1v) is 8.56. The fourth-order valence-corrected chi connectivity index (χ4v) is 2.79. The molecule has 0 aliphatic carbocycles. The van der Waals surface area contributed by atoms with Gasteiger partial charge in [0.1, 0.15) is 5.82 Å². The Morgan fingerprint density at radius 1 is 1.24 bits per heavy atom. The highest BCUT2D eigenvalue weighted by Crippen LogP contribution is 2.15. The number of halogens is 1. The average Bonchev–Trinajstić information content (AvgIpc) is 2.45. The van der Waals surface area contributed by atoms with Gasteiger partial charge in [0.15, 0.2) is 0 Å². The van der Waals surface area contributed by atoms with E-state index in [9.17, 15) is 12.8 Å². The van der Waals surface area contributed by atoms with Crippen LogP contribution < -0.4 is 10.0 Å². The quantitative estimate of drug-likeness (QED) is 0.644. The predicted molar refractivity (Wildman–Crippen MR) is 80.1 cm³/mol. The SMILES string of the molecule is CCCNCc1cc(S(=O)(=O)NCCOCC)ccc1F. The fraction of sp³-hybridized carbons (Fsp3) is 0.571. The lowest BCUT2D eigenvalue weighted by Gasteiger charge is -2.10. The molecule has 120 valence electrons. The Bertz CT molecular complexity index is 535. The molecule has 0 aliphatic rings. The molecule has 1 aromatic rings. The Balaban J connectivity index is 2.75. The zero-order valence-electron chi connectivity index (χ0n) is 12.5. The van der Waals surface area contributed by atoms with Crippen LogP contribution in [0.2, 0.25) is 0 Å². The topological polar surface area (TPSA) is 67.4 Å². The van der Waals surface area contributed by atoms with E-state index in [1.165, 1.54) is 18.2 Å². The molecule has 21 heavy (non-hydrogen) atoms. The normalized spacial score (nSPS) is 11.8. The molecule has 5 nitrogen and oxygen atoms in total. The molecule has 1 aromatic carbocycles. The maximum absolute atomic E-state index is 13.7. The van der Waals surface area contributed by atoms with Gasteiger partial charge in [-0.05, 0) is 38.1 Å². The molecule has 0 bridgehead atoms. The van der Waals surface area contributed by atoms with Gasteiger partial charge >= 0.3 is 0 Å². The number of nitrogens with one attached hydrogen (secondary N) is 2. The minimum atomic E-state index is -3.64. The van der Waals surface area contributed by atoms with Crippen LogP contribution in [-0.4, -0.2) is 34.7 Å². The number of benzene rings is 1. The third-order valence-corrected chi connectivity index (χ3v) is 4.27. The molecule has 0 aromatic heterocycles. The molecule has 0 saturated carbocycles. The van der Waals surface area contributed by atoms with Crippen molar-refractivity contribution in [3.05, 3.63) is 29.6 Å². The van der Waals surface area contributed by atoms with Gasteiger partial charge in [-0.15, -0.1) is 0 Å². The van der Waals surface area contributed by atoms with E-state index in [1.807, 2.05) is 13.8 Å². The summed E-state index contributed by atoms with van der Waals surface area (Å²) in [7, 11) is -3.64. The van der Waals surface area contributed by atoms with Crippen molar-refractivity contribution in [1.29, 1.82) is 0 Å². The van der Waals surface area contributed by atoms with Gasteiger partial charge in [0, 0.05) is 25.3 Å². The van der Waals surface area contributed by atoms with Crippen LogP contribution in [0.5, 0.6) is 0 Å². The predicted octanol–water partition coefficient (Wildman–Crippen LogP) is 1.64. The lowest BCUT2D eigenvalue weighted by Crippen LogP contribution is -2.27. The number of sulfonamides is 1. The molecule has 0 atom stereocenters. The Kier molecular flexibility index (Phi) is 7.81. The van der Waals surface area contributed by atoms with E-state index in [-0.39, 0.29) is 11.4 Å². The third kappa shape index (κ3) is 6.09. The van der Waals surface area contributed by atoms with E-state index >= 15 is 0 Å². The van der Waals surface area contributed by atoms with Crippen molar-refractivity contribution in [2.75, 3.05) is 26.3 Å². The summed E-state index contributed by atoms with van der Waals surface area (Å²) in [6.07, 6.45) is 0.929. The smallest absolute Gasteiger partial charge is 0.240 e. The first kappa shape index (κ1) is 18.0. The largest absolute Gasteiger partial charge is 0.380 e. The highest BCUT2D eigenvalue weighted by molar-refractivity contribution is 7.89. The summed E-state index contributed by atoms with van der Waals surface area (Å²) < 4.78 is 45.3. The van der Waals surface area contributed by atoms with Crippen LogP contribution in [0.1, 0.15) is 25.8 Å². The summed E-state index contributed by atoms with van der Waals surface area (Å²) in [6, 6.07) is 3.81. The molecule has 0 saturated heterocycles. The first-order valence-electron chi connectivity index (χ1n) is 7.07. The van der Waals surface area contributed by atoms with Gasteiger partial charge in [0.2, 0.25) is 10.0 Å². The fourth-order valence-electron chi connectivity index (χ4n) is 1.73. The minimum Gasteiger partial charge on any atom is -0.380 e. The molecule has 0 aliphatic heterocycles. The number of hydrogen-bond acceptors (Lipinski definition) is 4. The maximum atomic E-state index is 13.7. The second-order valence-electron chi connectivity index (χ2n) is 4.52. The van der Waals surface area contributed by atoms with Crippen molar-refractivity contribution in [2.45, 2.75) is 31.7 Å². The Labute approximate surface area is 125 Å². The zero-order valence-corrected chi connectivity index (χ0v) is 13.3. The van der Waals surface area contributed by atoms with Crippen LogP contribution in [0, 0.1) is 5.82 Å². The standard InChI is InChI=1S/C14H23FN2O3S/c1-3-7-16-11-12-10-13(5-6-14(12)15)21(18,19)17-8-9-20-4-2/h5-6,10,16-17H,3-4,7-9,11H2,1-2H3. The van der Waals surface area contributed by atoms with E-state index in [0.29, 0.717) is 25.3 Å². The van der Waals surface area contributed by atoms with Gasteiger partial charge < -0.3 is 10.1 Å². The van der Waals surface area contributed by atoms with Gasteiger partial charge in [-0.25, -0.2) is 17.5 Å². The molecule has 0 radical (unpaired) electrons. The molecule has 0 amide bonds. The number of hydrogen-bond donors (Lipinski definition) is 2. The lowest BCUT2D eigenvalue weighted by atomic mass is 10.2. The summed E-state index contributed by atoms with van der Waals surface area (Å²) >= 11 is 0. The van der Waals surface area contributed by atoms with Crippen molar-refractivity contribution in [1.82, 2.24) is 10.0 Å². The second-order valence-corrected chi connectivity index (χ2v) is 6.29. The van der Waals surface area contributed by atoms with Crippen molar-refractivity contribution in [3.63, 3.8) is 0 Å². The molecule has 0 unspecified atom stereocenters. The van der Waals surface area contributed by atoms with Gasteiger partial charge in [-0.3, -0.25) is 0 Å². The zero-order chi connectivity index (χ0) is 15.7. The highest BCUT2D eigenvalue weighted by atomic mass is 32.2. The van der Waals surface area contributed by atoms with Crippen molar-refractivity contribution in [2.24, 2.45) is 0 Å². The van der Waals surface area contributed by atoms with Gasteiger partial charge in [0.05, 0.1) is 11.5 Å². The monoisotopic (exact) mass is 318 g/mol. The molecule has 1 rings (SSSR count). The van der Waals surface area contributed by atoms with Gasteiger partial charge in [-0.2, -0.15) is 0 Å². The van der Waals surface area contributed by atoms with E-state index < -0.39 is 15.8 Å². The van der Waals surface area contributed by atoms with Crippen molar-refractivity contribution in [3.8, 4) is 0 Å². The van der Waals surface area contributed by atoms with Crippen LogP contribution in [-0.2, 0) is 21.3 Å². The van der Waals surface area contributed by atoms with E-state index in [2.05, 4.69) is 10.0 Å². The van der Waals surface area contributed by atoms with Crippen LogP contribution in [0.3, 0.4) is 0 Å². The Morgan fingerprint density at radius 3 is 2.67 bits per heavy atom. The Hall–Kier alpha value is -1.02. The third-order valence-electron chi connectivity index (χ3n) is 2.81. The lowest BCUT2D eigenvalue weighted by molar-refractivity contribution is 0.153. The molecule has 0 fully saturated rings. The van der Waals surface area contributed by atoms with Gasteiger partial charge in [0.25, 0.3) is 0 Å². The van der Waals surface area contributed by atoms with E-state index in [1.54, 1.807) is 0 Å². The van der Waals surface area contributed by atoms with Crippen LogP contribution in [0.25, 0.3) is 0 Å². The average molecular weight is 318 g/mol. The summed E-state index contributed by atoms with van der Waals surface area (Å²) in [5, 5.41) is 3.06. The molecular formula is C14H23FN2O3S. The van der Waals surface area contributed by atoms with Crippen LogP contribution in [0.15, 0.2) is 23.1 Å². The van der Waals surface area contributed by atoms with E-state index in [0.717, 1.165) is 13.0 Å². The minimum absolute atomic E-state index is 0.0636. The number of rotatable bonds is 10. The molecule has 7 heteroatoms. The summed E-state index contributed by atoms with van der Waals surface area (Å²) in [5.41, 5.74) is 0.344. The van der Waals surface area contributed by atoms with Gasteiger partial charge in [-0.1, -0.05) is 6.92 Å². The number of ether oxygens (including phenoxy) is 1. The first-order chi connectivity index (χ1) is 10.0. The Morgan fingerprint density at radius 2 is 2.00 bits per heavy atom.